The van der Waals surface area contributed by atoms with E-state index in [0.29, 0.717) is 10.0 Å². The molecule has 96 valence electrons. The van der Waals surface area contributed by atoms with Crippen LogP contribution in [-0.2, 0) is 14.3 Å². The van der Waals surface area contributed by atoms with Gasteiger partial charge in [-0.2, -0.15) is 0 Å². The second kappa shape index (κ2) is 6.75. The number of carbonyl (C=O) groups excluding carboxylic acids is 3. The summed E-state index contributed by atoms with van der Waals surface area (Å²) in [5.74, 6) is -1.90. The molecule has 0 atom stereocenters. The van der Waals surface area contributed by atoms with Gasteiger partial charge in [0.05, 0.1) is 5.56 Å². The fraction of sp³-hybridized carbons (Fsp3) is 0.182. The quantitative estimate of drug-likeness (QED) is 0.759. The lowest BCUT2D eigenvalue weighted by molar-refractivity contribution is -0.146. The van der Waals surface area contributed by atoms with Crippen LogP contribution in [0.1, 0.15) is 10.4 Å². The molecule has 3 N–H and O–H groups in total. The van der Waals surface area contributed by atoms with E-state index < -0.39 is 24.4 Å². The van der Waals surface area contributed by atoms with E-state index in [0.717, 1.165) is 0 Å². The summed E-state index contributed by atoms with van der Waals surface area (Å²) in [7, 11) is 0. The molecular weight excluding hydrogens is 304 g/mol. The van der Waals surface area contributed by atoms with Crippen molar-refractivity contribution in [1.29, 1.82) is 0 Å². The molecule has 0 saturated heterocycles. The molecule has 2 amide bonds. The van der Waals surface area contributed by atoms with Crippen LogP contribution in [0.5, 0.6) is 0 Å². The topological polar surface area (TPSA) is 98.5 Å². The monoisotopic (exact) mass is 314 g/mol. The highest BCUT2D eigenvalue weighted by molar-refractivity contribution is 9.10. The highest BCUT2D eigenvalue weighted by Crippen LogP contribution is 2.15. The summed E-state index contributed by atoms with van der Waals surface area (Å²) in [4.78, 5) is 33.1. The van der Waals surface area contributed by atoms with E-state index in [-0.39, 0.29) is 6.54 Å². The number of hydrogen-bond donors (Lipinski definition) is 2. The van der Waals surface area contributed by atoms with Gasteiger partial charge in [0.1, 0.15) is 6.54 Å². The zero-order chi connectivity index (χ0) is 13.5. The molecule has 0 aromatic heterocycles. The molecule has 0 aliphatic rings. The van der Waals surface area contributed by atoms with E-state index >= 15 is 0 Å². The molecule has 0 unspecified atom stereocenters. The van der Waals surface area contributed by atoms with Crippen molar-refractivity contribution >= 4 is 33.7 Å². The maximum absolute atomic E-state index is 11.7. The largest absolute Gasteiger partial charge is 0.454 e. The van der Waals surface area contributed by atoms with Gasteiger partial charge in [0, 0.05) is 4.47 Å². The third-order valence-electron chi connectivity index (χ3n) is 1.89. The van der Waals surface area contributed by atoms with Gasteiger partial charge in [0.2, 0.25) is 0 Å². The summed E-state index contributed by atoms with van der Waals surface area (Å²) in [6.07, 6.45) is 0. The second-order valence-corrected chi connectivity index (χ2v) is 4.14. The molecule has 1 rings (SSSR count). The summed E-state index contributed by atoms with van der Waals surface area (Å²) >= 11 is 3.22. The lowest BCUT2D eigenvalue weighted by Crippen LogP contribution is -2.32. The van der Waals surface area contributed by atoms with Crippen LogP contribution in [-0.4, -0.2) is 30.9 Å². The Hall–Kier alpha value is -1.89. The number of primary amides is 1. The Morgan fingerprint density at radius 3 is 2.56 bits per heavy atom. The summed E-state index contributed by atoms with van der Waals surface area (Å²) < 4.78 is 5.10. The smallest absolute Gasteiger partial charge is 0.325 e. The number of amides is 2. The van der Waals surface area contributed by atoms with Crippen LogP contribution in [0.3, 0.4) is 0 Å². The van der Waals surface area contributed by atoms with Gasteiger partial charge in [-0.15, -0.1) is 0 Å². The number of nitrogens with one attached hydrogen (secondary N) is 1. The van der Waals surface area contributed by atoms with Crippen molar-refractivity contribution in [2.24, 2.45) is 5.73 Å². The fourth-order valence-corrected chi connectivity index (χ4v) is 1.56. The molecule has 6 nitrogen and oxygen atoms in total. The molecule has 7 heteroatoms. The summed E-state index contributed by atoms with van der Waals surface area (Å²) in [6, 6.07) is 6.78. The lowest BCUT2D eigenvalue weighted by Gasteiger charge is -2.06. The van der Waals surface area contributed by atoms with Crippen molar-refractivity contribution in [2.45, 2.75) is 0 Å². The van der Waals surface area contributed by atoms with Crippen LogP contribution in [0.2, 0.25) is 0 Å². The van der Waals surface area contributed by atoms with E-state index in [1.54, 1.807) is 24.3 Å². The molecule has 0 spiro atoms. The van der Waals surface area contributed by atoms with E-state index in [2.05, 4.69) is 26.0 Å². The number of benzene rings is 1. The number of carbonyl (C=O) groups is 3. The minimum absolute atomic E-state index is 0.326. The molecule has 0 radical (unpaired) electrons. The number of nitrogens with two attached hydrogens (primary N) is 1. The maximum Gasteiger partial charge on any atom is 0.325 e. The van der Waals surface area contributed by atoms with E-state index in [1.165, 1.54) is 0 Å². The Labute approximate surface area is 112 Å². The standard InChI is InChI=1S/C11H11BrN2O4/c12-8-4-2-1-3-7(8)11(17)14-5-10(16)18-6-9(13)15/h1-4H,5-6H2,(H2,13,15)(H,14,17). The number of ether oxygens (including phenoxy) is 1. The van der Waals surface area contributed by atoms with Crippen molar-refractivity contribution in [3.8, 4) is 0 Å². The first-order valence-corrected chi connectivity index (χ1v) is 5.76. The molecule has 0 fully saturated rings. The van der Waals surface area contributed by atoms with E-state index in [1.807, 2.05) is 0 Å². The minimum atomic E-state index is -0.750. The fourth-order valence-electron chi connectivity index (χ4n) is 1.10. The third kappa shape index (κ3) is 4.54. The van der Waals surface area contributed by atoms with Crippen molar-refractivity contribution in [3.05, 3.63) is 34.3 Å². The van der Waals surface area contributed by atoms with Gasteiger partial charge in [0.15, 0.2) is 6.61 Å². The molecule has 1 aromatic rings. The van der Waals surface area contributed by atoms with Gasteiger partial charge in [-0.05, 0) is 28.1 Å². The number of halogens is 1. The Morgan fingerprint density at radius 1 is 1.28 bits per heavy atom. The van der Waals surface area contributed by atoms with Gasteiger partial charge >= 0.3 is 5.97 Å². The van der Waals surface area contributed by atoms with Crippen LogP contribution in [0.4, 0.5) is 0 Å². The zero-order valence-corrected chi connectivity index (χ0v) is 10.9. The Morgan fingerprint density at radius 2 is 1.94 bits per heavy atom. The van der Waals surface area contributed by atoms with Gasteiger partial charge in [-0.25, -0.2) is 0 Å². The van der Waals surface area contributed by atoms with Crippen LogP contribution in [0.25, 0.3) is 0 Å². The number of hydrogen-bond acceptors (Lipinski definition) is 4. The van der Waals surface area contributed by atoms with Gasteiger partial charge in [0.25, 0.3) is 11.8 Å². The lowest BCUT2D eigenvalue weighted by atomic mass is 10.2. The maximum atomic E-state index is 11.7. The second-order valence-electron chi connectivity index (χ2n) is 3.29. The Kier molecular flexibility index (Phi) is 5.31. The third-order valence-corrected chi connectivity index (χ3v) is 2.58. The highest BCUT2D eigenvalue weighted by atomic mass is 79.9. The van der Waals surface area contributed by atoms with Crippen molar-refractivity contribution in [1.82, 2.24) is 5.32 Å². The normalized spacial score (nSPS) is 9.61. The predicted octanol–water partition coefficient (Wildman–Crippen LogP) is 0.207. The molecule has 18 heavy (non-hydrogen) atoms. The van der Waals surface area contributed by atoms with E-state index in [4.69, 9.17) is 5.73 Å². The molecule has 1 aromatic carbocycles. The first-order chi connectivity index (χ1) is 8.50. The summed E-state index contributed by atoms with van der Waals surface area (Å²) in [6.45, 7) is -0.822. The van der Waals surface area contributed by atoms with Crippen LogP contribution in [0.15, 0.2) is 28.7 Å². The zero-order valence-electron chi connectivity index (χ0n) is 9.31. The average molecular weight is 315 g/mol. The van der Waals surface area contributed by atoms with Crippen LogP contribution < -0.4 is 11.1 Å². The Balaban J connectivity index is 2.45. The van der Waals surface area contributed by atoms with Gasteiger partial charge < -0.3 is 15.8 Å². The predicted molar refractivity (Wildman–Crippen MR) is 66.6 cm³/mol. The molecule has 0 saturated carbocycles. The summed E-state index contributed by atoms with van der Waals surface area (Å²) in [5, 5.41) is 2.37. The molecule has 0 bridgehead atoms. The van der Waals surface area contributed by atoms with Crippen LogP contribution >= 0.6 is 15.9 Å². The molecule has 0 aliphatic heterocycles. The van der Waals surface area contributed by atoms with Gasteiger partial charge in [-0.1, -0.05) is 12.1 Å². The first-order valence-electron chi connectivity index (χ1n) is 4.97. The molecule has 0 aliphatic carbocycles. The number of rotatable bonds is 5. The van der Waals surface area contributed by atoms with Crippen molar-refractivity contribution < 1.29 is 19.1 Å². The Bertz CT molecular complexity index is 476. The number of esters is 1. The average Bonchev–Trinajstić information content (AvgIpc) is 2.34. The van der Waals surface area contributed by atoms with E-state index in [9.17, 15) is 14.4 Å². The van der Waals surface area contributed by atoms with Gasteiger partial charge in [-0.3, -0.25) is 14.4 Å². The molecule has 0 heterocycles. The van der Waals surface area contributed by atoms with Crippen LogP contribution in [0, 0.1) is 0 Å². The SMILES string of the molecule is NC(=O)COC(=O)CNC(=O)c1ccccc1Br. The molecular formula is C11H11BrN2O4. The summed E-state index contributed by atoms with van der Waals surface area (Å²) in [5.41, 5.74) is 5.20. The minimum Gasteiger partial charge on any atom is -0.454 e. The highest BCUT2D eigenvalue weighted by Gasteiger charge is 2.11. The van der Waals surface area contributed by atoms with Crippen molar-refractivity contribution in [3.63, 3.8) is 0 Å². The van der Waals surface area contributed by atoms with Crippen molar-refractivity contribution in [2.75, 3.05) is 13.2 Å². The first kappa shape index (κ1) is 14.2.